The molecule has 1 amide bonds. The van der Waals surface area contributed by atoms with Crippen LogP contribution in [-0.2, 0) is 11.2 Å². The first-order chi connectivity index (χ1) is 10.0. The number of nitrogens with zero attached hydrogens (tertiary/aromatic N) is 3. The number of aromatic nitrogens is 2. The molecule has 0 aliphatic carbocycles. The number of aryl methyl sites for hydroxylation is 2. The Morgan fingerprint density at radius 1 is 1.43 bits per heavy atom. The monoisotopic (exact) mass is 305 g/mol. The Balaban J connectivity index is 1.72. The first-order valence-corrected chi connectivity index (χ1v) is 7.98. The van der Waals surface area contributed by atoms with Crippen molar-refractivity contribution in [2.45, 2.75) is 32.8 Å². The molecule has 0 unspecified atom stereocenters. The number of amides is 1. The second-order valence-electron chi connectivity index (χ2n) is 5.53. The molecule has 0 spiro atoms. The van der Waals surface area contributed by atoms with E-state index in [1.165, 1.54) is 0 Å². The first-order valence-electron chi connectivity index (χ1n) is 7.10. The minimum atomic E-state index is -0.370. The molecule has 0 radical (unpaired) electrons. The highest BCUT2D eigenvalue weighted by atomic mass is 32.1. The number of aliphatic hydroxyl groups excluding tert-OH is 1. The minimum absolute atomic E-state index is 0.0457. The summed E-state index contributed by atoms with van der Waals surface area (Å²) < 4.78 is 2.10. The van der Waals surface area contributed by atoms with Crippen molar-refractivity contribution >= 4 is 17.2 Å². The molecule has 3 rings (SSSR count). The van der Waals surface area contributed by atoms with Crippen molar-refractivity contribution in [3.63, 3.8) is 0 Å². The van der Waals surface area contributed by atoms with Gasteiger partial charge in [-0.3, -0.25) is 9.36 Å². The van der Waals surface area contributed by atoms with Crippen LogP contribution in [0, 0.1) is 13.8 Å². The Bertz CT molecular complexity index is 642. The summed E-state index contributed by atoms with van der Waals surface area (Å²) in [4.78, 5) is 18.5. The lowest BCUT2D eigenvalue weighted by Gasteiger charge is -2.14. The molecule has 3 heterocycles. The summed E-state index contributed by atoms with van der Waals surface area (Å²) in [5.41, 5.74) is 3.08. The molecular formula is C15H19N3O2S. The average molecular weight is 305 g/mol. The average Bonchev–Trinajstić information content (AvgIpc) is 3.12. The van der Waals surface area contributed by atoms with Crippen molar-refractivity contribution in [2.75, 3.05) is 13.1 Å². The lowest BCUT2D eigenvalue weighted by molar-refractivity contribution is -0.129. The summed E-state index contributed by atoms with van der Waals surface area (Å²) in [7, 11) is 0. The number of likely N-dealkylation sites (tertiary alicyclic amines) is 1. The van der Waals surface area contributed by atoms with E-state index >= 15 is 0 Å². The maximum absolute atomic E-state index is 12.2. The lowest BCUT2D eigenvalue weighted by atomic mass is 10.3. The molecule has 2 aromatic heterocycles. The Morgan fingerprint density at radius 2 is 2.14 bits per heavy atom. The van der Waals surface area contributed by atoms with E-state index in [1.54, 1.807) is 16.2 Å². The van der Waals surface area contributed by atoms with E-state index in [9.17, 15) is 9.90 Å². The van der Waals surface area contributed by atoms with Gasteiger partial charge in [0.1, 0.15) is 0 Å². The van der Waals surface area contributed by atoms with Crippen molar-refractivity contribution in [3.05, 3.63) is 34.6 Å². The highest BCUT2D eigenvalue weighted by Crippen LogP contribution is 2.21. The molecule has 0 saturated carbocycles. The Hall–Kier alpha value is -1.66. The highest BCUT2D eigenvalue weighted by molar-refractivity contribution is 7.12. The van der Waals surface area contributed by atoms with Gasteiger partial charge in [0.25, 0.3) is 0 Å². The fraction of sp³-hybridized carbons (Fsp3) is 0.467. The second kappa shape index (κ2) is 5.61. The number of aliphatic hydroxyl groups is 1. The molecule has 1 aliphatic heterocycles. The summed E-state index contributed by atoms with van der Waals surface area (Å²) in [6, 6.07) is 4.13. The molecule has 0 bridgehead atoms. The van der Waals surface area contributed by atoms with Gasteiger partial charge in [0.15, 0.2) is 5.13 Å². The Labute approximate surface area is 127 Å². The van der Waals surface area contributed by atoms with Crippen molar-refractivity contribution in [3.8, 4) is 5.13 Å². The number of rotatable bonds is 3. The number of β-amino-alcohol motifs (C(OH)–C–C–N with tert-alkyl or cyclic N) is 1. The normalized spacial score (nSPS) is 18.4. The third-order valence-electron chi connectivity index (χ3n) is 3.85. The van der Waals surface area contributed by atoms with Crippen LogP contribution in [0.1, 0.15) is 23.5 Å². The van der Waals surface area contributed by atoms with Gasteiger partial charge in [0, 0.05) is 29.9 Å². The fourth-order valence-electron chi connectivity index (χ4n) is 2.69. The summed E-state index contributed by atoms with van der Waals surface area (Å²) >= 11 is 1.55. The summed E-state index contributed by atoms with van der Waals surface area (Å²) in [6.07, 6.45) is 0.614. The van der Waals surface area contributed by atoms with E-state index < -0.39 is 0 Å². The molecule has 6 heteroatoms. The van der Waals surface area contributed by atoms with Crippen molar-refractivity contribution in [2.24, 2.45) is 0 Å². The van der Waals surface area contributed by atoms with Crippen LogP contribution < -0.4 is 0 Å². The van der Waals surface area contributed by atoms with Gasteiger partial charge >= 0.3 is 0 Å². The maximum atomic E-state index is 12.2. The molecule has 5 nitrogen and oxygen atoms in total. The SMILES string of the molecule is Cc1ccc(C)n1-c1nc(CC(=O)N2CC[C@H](O)C2)cs1. The van der Waals surface area contributed by atoms with Crippen LogP contribution in [0.5, 0.6) is 0 Å². The minimum Gasteiger partial charge on any atom is -0.391 e. The predicted octanol–water partition coefficient (Wildman–Crippen LogP) is 1.69. The van der Waals surface area contributed by atoms with Crippen LogP contribution in [0.2, 0.25) is 0 Å². The maximum Gasteiger partial charge on any atom is 0.228 e. The quantitative estimate of drug-likeness (QED) is 0.939. The zero-order chi connectivity index (χ0) is 15.0. The third kappa shape index (κ3) is 2.87. The largest absolute Gasteiger partial charge is 0.391 e. The van der Waals surface area contributed by atoms with Crippen LogP contribution in [0.25, 0.3) is 5.13 Å². The van der Waals surface area contributed by atoms with Crippen molar-refractivity contribution in [1.29, 1.82) is 0 Å². The van der Waals surface area contributed by atoms with Gasteiger partial charge in [0.2, 0.25) is 5.91 Å². The smallest absolute Gasteiger partial charge is 0.228 e. The van der Waals surface area contributed by atoms with Gasteiger partial charge in [-0.05, 0) is 32.4 Å². The number of hydrogen-bond acceptors (Lipinski definition) is 4. The van der Waals surface area contributed by atoms with Crippen molar-refractivity contribution in [1.82, 2.24) is 14.5 Å². The summed E-state index contributed by atoms with van der Waals surface area (Å²) in [6.45, 7) is 5.19. The third-order valence-corrected chi connectivity index (χ3v) is 4.73. The van der Waals surface area contributed by atoms with E-state index in [0.29, 0.717) is 25.9 Å². The predicted molar refractivity (Wildman–Crippen MR) is 81.8 cm³/mol. The van der Waals surface area contributed by atoms with Gasteiger partial charge in [-0.25, -0.2) is 4.98 Å². The van der Waals surface area contributed by atoms with Gasteiger partial charge in [-0.2, -0.15) is 0 Å². The standard InChI is InChI=1S/C15H19N3O2S/c1-10-3-4-11(2)18(10)15-16-12(9-21-15)7-14(20)17-6-5-13(19)8-17/h3-4,9,13,19H,5-8H2,1-2H3/t13-/m0/s1. The first kappa shape index (κ1) is 14.3. The molecule has 1 atom stereocenters. The molecule has 2 aromatic rings. The van der Waals surface area contributed by atoms with E-state index in [-0.39, 0.29) is 12.0 Å². The van der Waals surface area contributed by atoms with Crippen LogP contribution in [0.3, 0.4) is 0 Å². The number of carbonyl (C=O) groups is 1. The van der Waals surface area contributed by atoms with Gasteiger partial charge in [-0.1, -0.05) is 0 Å². The van der Waals surface area contributed by atoms with Gasteiger partial charge < -0.3 is 10.0 Å². The molecule has 21 heavy (non-hydrogen) atoms. The molecule has 112 valence electrons. The number of carbonyl (C=O) groups excluding carboxylic acids is 1. The Morgan fingerprint density at radius 3 is 2.76 bits per heavy atom. The molecule has 1 saturated heterocycles. The van der Waals surface area contributed by atoms with Crippen molar-refractivity contribution < 1.29 is 9.90 Å². The molecular weight excluding hydrogens is 286 g/mol. The van der Waals surface area contributed by atoms with E-state index in [1.807, 2.05) is 19.2 Å². The van der Waals surface area contributed by atoms with E-state index in [2.05, 4.69) is 21.7 Å². The van der Waals surface area contributed by atoms with Gasteiger partial charge in [-0.15, -0.1) is 11.3 Å². The van der Waals surface area contributed by atoms with E-state index in [0.717, 1.165) is 22.2 Å². The zero-order valence-electron chi connectivity index (χ0n) is 12.2. The molecule has 1 fully saturated rings. The topological polar surface area (TPSA) is 58.4 Å². The Kier molecular flexibility index (Phi) is 3.82. The van der Waals surface area contributed by atoms with Crippen LogP contribution in [-0.4, -0.2) is 44.7 Å². The second-order valence-corrected chi connectivity index (χ2v) is 6.37. The van der Waals surface area contributed by atoms with Crippen LogP contribution in [0.15, 0.2) is 17.5 Å². The number of thiazole rings is 1. The van der Waals surface area contributed by atoms with Crippen LogP contribution >= 0.6 is 11.3 Å². The fourth-order valence-corrected chi connectivity index (χ4v) is 3.63. The van der Waals surface area contributed by atoms with Crippen LogP contribution in [0.4, 0.5) is 0 Å². The zero-order valence-corrected chi connectivity index (χ0v) is 13.1. The summed E-state index contributed by atoms with van der Waals surface area (Å²) in [5, 5.41) is 12.3. The van der Waals surface area contributed by atoms with Gasteiger partial charge in [0.05, 0.1) is 18.2 Å². The number of hydrogen-bond donors (Lipinski definition) is 1. The molecule has 0 aromatic carbocycles. The highest BCUT2D eigenvalue weighted by Gasteiger charge is 2.25. The lowest BCUT2D eigenvalue weighted by Crippen LogP contribution is -2.30. The molecule has 1 N–H and O–H groups in total. The summed E-state index contributed by atoms with van der Waals surface area (Å²) in [5.74, 6) is 0.0457. The van der Waals surface area contributed by atoms with E-state index in [4.69, 9.17) is 0 Å². The molecule has 1 aliphatic rings.